The molecular weight excluding hydrogens is 264 g/mol. The van der Waals surface area contributed by atoms with E-state index in [1.54, 1.807) is 0 Å². The van der Waals surface area contributed by atoms with E-state index >= 15 is 0 Å². The van der Waals surface area contributed by atoms with E-state index in [0.717, 1.165) is 5.56 Å². The highest BCUT2D eigenvalue weighted by molar-refractivity contribution is 8.38. The summed E-state index contributed by atoms with van der Waals surface area (Å²) in [7, 11) is -1.05. The Hall–Kier alpha value is -1.27. The van der Waals surface area contributed by atoms with Gasteiger partial charge < -0.3 is 11.5 Å². The number of nitrogen functional groups attached to an aromatic ring is 2. The van der Waals surface area contributed by atoms with E-state index in [0.29, 0.717) is 27.1 Å². The van der Waals surface area contributed by atoms with Gasteiger partial charge in [0.15, 0.2) is 0 Å². The Labute approximate surface area is 125 Å². The molecule has 1 aromatic carbocycles. The van der Waals surface area contributed by atoms with Gasteiger partial charge in [0.05, 0.1) is 5.56 Å². The first-order chi connectivity index (χ1) is 9.23. The predicted molar refractivity (Wildman–Crippen MR) is 95.1 cm³/mol. The molecule has 0 radical (unpaired) electrons. The highest BCUT2D eigenvalue weighted by Gasteiger charge is 2.33. The van der Waals surface area contributed by atoms with Gasteiger partial charge in [-0.05, 0) is 33.1 Å². The zero-order chi connectivity index (χ0) is 15.5. The first kappa shape index (κ1) is 16.8. The molecule has 20 heavy (non-hydrogen) atoms. The molecule has 0 spiro atoms. The molecule has 0 bridgehead atoms. The molecule has 3 heteroatoms. The predicted octanol–water partition coefficient (Wildman–Crippen LogP) is 4.19. The molecule has 1 aromatic rings. The number of nitrogens with two attached hydrogens (primary N) is 2. The summed E-state index contributed by atoms with van der Waals surface area (Å²) in [5, 5.41) is 5.27. The van der Waals surface area contributed by atoms with Crippen molar-refractivity contribution in [2.75, 3.05) is 11.5 Å². The Balaban J connectivity index is 3.39. The van der Waals surface area contributed by atoms with Gasteiger partial charge >= 0.3 is 0 Å². The lowest BCUT2D eigenvalue weighted by Gasteiger charge is -2.46. The van der Waals surface area contributed by atoms with Gasteiger partial charge in [-0.3, -0.25) is 0 Å². The third-order valence-electron chi connectivity index (χ3n) is 3.82. The monoisotopic (exact) mass is 292 g/mol. The van der Waals surface area contributed by atoms with Gasteiger partial charge in [0.25, 0.3) is 0 Å². The minimum atomic E-state index is -1.05. The fraction of sp³-hybridized carbons (Fsp3) is 0.529. The summed E-state index contributed by atoms with van der Waals surface area (Å²) >= 11 is 0. The molecule has 0 atom stereocenters. The van der Waals surface area contributed by atoms with E-state index in [1.807, 2.05) is 18.2 Å². The SMILES string of the molecule is CC(C)S(C#Cc1c(N)cccc1N)(C(C)C)C(C)C. The molecule has 0 heterocycles. The number of benzene rings is 1. The molecule has 0 aliphatic heterocycles. The van der Waals surface area contributed by atoms with E-state index < -0.39 is 10.0 Å². The van der Waals surface area contributed by atoms with E-state index in [1.165, 1.54) is 0 Å². The van der Waals surface area contributed by atoms with Crippen molar-refractivity contribution in [2.45, 2.75) is 57.3 Å². The van der Waals surface area contributed by atoms with Crippen LogP contribution in [0.4, 0.5) is 11.4 Å². The van der Waals surface area contributed by atoms with Crippen LogP contribution in [0.25, 0.3) is 0 Å². The van der Waals surface area contributed by atoms with Crippen molar-refractivity contribution in [3.05, 3.63) is 23.8 Å². The fourth-order valence-corrected chi connectivity index (χ4v) is 7.11. The largest absolute Gasteiger partial charge is 0.398 e. The number of hydrogen-bond donors (Lipinski definition) is 2. The molecule has 0 aliphatic carbocycles. The molecule has 0 saturated carbocycles. The summed E-state index contributed by atoms with van der Waals surface area (Å²) in [6.07, 6.45) is 0. The van der Waals surface area contributed by atoms with Gasteiger partial charge in [-0.25, -0.2) is 0 Å². The number of hydrogen-bond acceptors (Lipinski definition) is 2. The summed E-state index contributed by atoms with van der Waals surface area (Å²) in [6, 6.07) is 5.58. The van der Waals surface area contributed by atoms with E-state index in [2.05, 4.69) is 52.7 Å². The average molecular weight is 292 g/mol. The van der Waals surface area contributed by atoms with Crippen molar-refractivity contribution < 1.29 is 0 Å². The maximum absolute atomic E-state index is 6.01. The fourth-order valence-electron chi connectivity index (χ4n) is 2.86. The van der Waals surface area contributed by atoms with Gasteiger partial charge in [0, 0.05) is 11.4 Å². The van der Waals surface area contributed by atoms with E-state index in [4.69, 9.17) is 11.5 Å². The first-order valence-electron chi connectivity index (χ1n) is 7.20. The molecule has 1 rings (SSSR count). The molecule has 0 aliphatic rings. The lowest BCUT2D eigenvalue weighted by Crippen LogP contribution is -2.27. The summed E-state index contributed by atoms with van der Waals surface area (Å²) in [6.45, 7) is 13.7. The van der Waals surface area contributed by atoms with Gasteiger partial charge in [0.2, 0.25) is 0 Å². The van der Waals surface area contributed by atoms with Crippen LogP contribution in [0, 0.1) is 11.2 Å². The molecule has 0 aromatic heterocycles. The summed E-state index contributed by atoms with van der Waals surface area (Å²) in [5.74, 6) is 3.30. The van der Waals surface area contributed by atoms with Crippen LogP contribution in [0.2, 0.25) is 0 Å². The molecule has 0 saturated heterocycles. The van der Waals surface area contributed by atoms with E-state index in [9.17, 15) is 0 Å². The quantitative estimate of drug-likeness (QED) is 0.648. The van der Waals surface area contributed by atoms with Crippen molar-refractivity contribution in [1.29, 1.82) is 0 Å². The molecule has 2 nitrogen and oxygen atoms in total. The van der Waals surface area contributed by atoms with E-state index in [-0.39, 0.29) is 0 Å². The molecule has 112 valence electrons. The number of anilines is 2. The maximum Gasteiger partial charge on any atom is 0.0712 e. The normalized spacial score (nSPS) is 12.7. The highest BCUT2D eigenvalue weighted by Crippen LogP contribution is 2.59. The topological polar surface area (TPSA) is 52.0 Å². The van der Waals surface area contributed by atoms with Crippen LogP contribution in [0.1, 0.15) is 47.1 Å². The smallest absolute Gasteiger partial charge is 0.0712 e. The molecule has 0 unspecified atom stereocenters. The highest BCUT2D eigenvalue weighted by atomic mass is 32.3. The van der Waals surface area contributed by atoms with Crippen molar-refractivity contribution in [2.24, 2.45) is 0 Å². The van der Waals surface area contributed by atoms with Crippen LogP contribution in [-0.2, 0) is 0 Å². The Bertz CT molecular complexity index is 480. The maximum atomic E-state index is 6.01. The lowest BCUT2D eigenvalue weighted by atomic mass is 10.1. The van der Waals surface area contributed by atoms with Crippen LogP contribution in [-0.4, -0.2) is 15.7 Å². The molecule has 4 N–H and O–H groups in total. The van der Waals surface area contributed by atoms with Gasteiger partial charge in [-0.15, -0.1) is 0 Å². The van der Waals surface area contributed by atoms with Crippen LogP contribution in [0.15, 0.2) is 18.2 Å². The van der Waals surface area contributed by atoms with Crippen molar-refractivity contribution in [3.63, 3.8) is 0 Å². The first-order valence-corrected chi connectivity index (χ1v) is 9.02. The van der Waals surface area contributed by atoms with Crippen LogP contribution >= 0.6 is 10.0 Å². The van der Waals surface area contributed by atoms with Gasteiger partial charge in [0.1, 0.15) is 0 Å². The molecule has 0 amide bonds. The molecule has 0 fully saturated rings. The van der Waals surface area contributed by atoms with Crippen molar-refractivity contribution in [3.8, 4) is 11.2 Å². The zero-order valence-corrected chi connectivity index (χ0v) is 14.3. The minimum absolute atomic E-state index is 0.557. The average Bonchev–Trinajstić information content (AvgIpc) is 2.31. The van der Waals surface area contributed by atoms with Crippen LogP contribution in [0.3, 0.4) is 0 Å². The summed E-state index contributed by atoms with van der Waals surface area (Å²) in [4.78, 5) is 0. The number of rotatable bonds is 3. The zero-order valence-electron chi connectivity index (χ0n) is 13.5. The summed E-state index contributed by atoms with van der Waals surface area (Å²) < 4.78 is 0. The van der Waals surface area contributed by atoms with Crippen molar-refractivity contribution in [1.82, 2.24) is 0 Å². The lowest BCUT2D eigenvalue weighted by molar-refractivity contribution is 0.959. The Kier molecular flexibility index (Phi) is 5.42. The third kappa shape index (κ3) is 3.07. The third-order valence-corrected chi connectivity index (χ3v) is 8.96. The van der Waals surface area contributed by atoms with Crippen LogP contribution in [0.5, 0.6) is 0 Å². The Morgan fingerprint density at radius 3 is 1.60 bits per heavy atom. The second-order valence-electron chi connectivity index (χ2n) is 5.95. The second kappa shape index (κ2) is 6.45. The Morgan fingerprint density at radius 1 is 0.850 bits per heavy atom. The van der Waals surface area contributed by atoms with Gasteiger partial charge in [-0.1, -0.05) is 53.5 Å². The standard InChI is InChI=1S/C17H28N2S/c1-12(2)20(13(3)4,14(5)6)11-10-15-16(18)8-7-9-17(15)19/h7-9,12-14H,18-19H2,1-6H3. The van der Waals surface area contributed by atoms with Crippen LogP contribution < -0.4 is 11.5 Å². The summed E-state index contributed by atoms with van der Waals surface area (Å²) in [5.41, 5.74) is 14.1. The minimum Gasteiger partial charge on any atom is -0.398 e. The van der Waals surface area contributed by atoms with Gasteiger partial charge in [-0.2, -0.15) is 10.0 Å². The van der Waals surface area contributed by atoms with Crippen molar-refractivity contribution >= 4 is 21.4 Å². The Morgan fingerprint density at radius 2 is 1.25 bits per heavy atom. The molecular formula is C17H28N2S. The second-order valence-corrected chi connectivity index (χ2v) is 10.5.